The first-order valence-corrected chi connectivity index (χ1v) is 6.99. The van der Waals surface area contributed by atoms with Gasteiger partial charge in [-0.05, 0) is 26.0 Å². The van der Waals surface area contributed by atoms with Gasteiger partial charge < -0.3 is 14.6 Å². The molecule has 6 nitrogen and oxygen atoms in total. The van der Waals surface area contributed by atoms with Crippen molar-refractivity contribution in [3.63, 3.8) is 0 Å². The molecule has 1 N–H and O–H groups in total. The molecule has 2 atom stereocenters. The molecule has 1 aliphatic rings. The molecule has 1 fully saturated rings. The summed E-state index contributed by atoms with van der Waals surface area (Å²) in [7, 11) is 0. The Morgan fingerprint density at radius 3 is 2.73 bits per heavy atom. The summed E-state index contributed by atoms with van der Waals surface area (Å²) in [5.41, 5.74) is 0. The molecule has 7 heteroatoms. The van der Waals surface area contributed by atoms with Crippen molar-refractivity contribution in [2.75, 3.05) is 6.54 Å². The maximum absolute atomic E-state index is 13.1. The molecule has 1 heterocycles. The summed E-state index contributed by atoms with van der Waals surface area (Å²) in [6.07, 6.45) is -1.43. The van der Waals surface area contributed by atoms with E-state index in [1.54, 1.807) is 19.9 Å². The number of nitrogens with zero attached hydrogens (tertiary/aromatic N) is 1. The summed E-state index contributed by atoms with van der Waals surface area (Å²) in [6.45, 7) is 3.45. The second-order valence-electron chi connectivity index (χ2n) is 5.37. The van der Waals surface area contributed by atoms with Crippen molar-refractivity contribution in [1.29, 1.82) is 0 Å². The molecule has 120 valence electrons. The summed E-state index contributed by atoms with van der Waals surface area (Å²) in [5.74, 6) is -1.26. The van der Waals surface area contributed by atoms with E-state index in [9.17, 15) is 19.1 Å². The van der Waals surface area contributed by atoms with Crippen LogP contribution < -0.4 is 4.74 Å². The lowest BCUT2D eigenvalue weighted by Crippen LogP contribution is -2.41. The van der Waals surface area contributed by atoms with Crippen molar-refractivity contribution in [3.8, 4) is 5.75 Å². The minimum Gasteiger partial charge on any atom is -0.488 e. The lowest BCUT2D eigenvalue weighted by Gasteiger charge is -2.21. The molecular weight excluding hydrogens is 293 g/mol. The van der Waals surface area contributed by atoms with Gasteiger partial charge in [-0.25, -0.2) is 14.0 Å². The first-order valence-electron chi connectivity index (χ1n) is 6.99. The van der Waals surface area contributed by atoms with Gasteiger partial charge in [0.1, 0.15) is 23.7 Å². The number of carbonyl (C=O) groups excluding carboxylic acids is 1. The van der Waals surface area contributed by atoms with E-state index in [0.29, 0.717) is 5.75 Å². The Kier molecular flexibility index (Phi) is 4.85. The summed E-state index contributed by atoms with van der Waals surface area (Å²) in [5, 5.41) is 9.23. The number of likely N-dealkylation sites (tertiary alicyclic amines) is 1. The molecule has 0 radical (unpaired) electrons. The molecule has 2 unspecified atom stereocenters. The van der Waals surface area contributed by atoms with Gasteiger partial charge in [-0.3, -0.25) is 4.90 Å². The van der Waals surface area contributed by atoms with Gasteiger partial charge in [-0.2, -0.15) is 0 Å². The average molecular weight is 311 g/mol. The standard InChI is InChI=1S/C15H18FNO5/c1-9(2)21-15(20)17-8-12(7-13(17)14(18)19)22-11-5-3-4-10(16)6-11/h3-6,9,12-13H,7-8H2,1-2H3,(H,18,19). The highest BCUT2D eigenvalue weighted by molar-refractivity contribution is 5.81. The molecule has 22 heavy (non-hydrogen) atoms. The Balaban J connectivity index is 2.06. The lowest BCUT2D eigenvalue weighted by atomic mass is 10.2. The molecule has 2 rings (SSSR count). The predicted molar refractivity (Wildman–Crippen MR) is 75.2 cm³/mol. The number of hydrogen-bond donors (Lipinski definition) is 1. The zero-order chi connectivity index (χ0) is 16.3. The molecule has 0 spiro atoms. The molecule has 1 aromatic rings. The van der Waals surface area contributed by atoms with E-state index in [2.05, 4.69) is 0 Å². The van der Waals surface area contributed by atoms with Crippen LogP contribution in [0, 0.1) is 5.82 Å². The Labute approximate surface area is 127 Å². The normalized spacial score (nSPS) is 21.0. The maximum atomic E-state index is 13.1. The molecule has 1 aromatic carbocycles. The van der Waals surface area contributed by atoms with Crippen LogP contribution in [-0.4, -0.2) is 46.9 Å². The molecular formula is C15H18FNO5. The number of aliphatic carboxylic acids is 1. The van der Waals surface area contributed by atoms with E-state index in [4.69, 9.17) is 9.47 Å². The van der Waals surface area contributed by atoms with Crippen LogP contribution in [0.1, 0.15) is 20.3 Å². The van der Waals surface area contributed by atoms with Crippen LogP contribution in [0.3, 0.4) is 0 Å². The number of carboxylic acid groups (broad SMARTS) is 1. The fourth-order valence-electron chi connectivity index (χ4n) is 2.32. The Morgan fingerprint density at radius 1 is 1.41 bits per heavy atom. The highest BCUT2D eigenvalue weighted by Crippen LogP contribution is 2.24. The number of halogens is 1. The average Bonchev–Trinajstić information content (AvgIpc) is 2.82. The Hall–Kier alpha value is -2.31. The molecule has 0 saturated carbocycles. The quantitative estimate of drug-likeness (QED) is 0.923. The summed E-state index contributed by atoms with van der Waals surface area (Å²) >= 11 is 0. The van der Waals surface area contributed by atoms with Crippen LogP contribution in [0.2, 0.25) is 0 Å². The van der Waals surface area contributed by atoms with Gasteiger partial charge in [0.25, 0.3) is 0 Å². The minimum atomic E-state index is -1.12. The van der Waals surface area contributed by atoms with Gasteiger partial charge >= 0.3 is 12.1 Å². The fraction of sp³-hybridized carbons (Fsp3) is 0.467. The first-order chi connectivity index (χ1) is 10.4. The van der Waals surface area contributed by atoms with E-state index in [0.717, 1.165) is 4.90 Å². The molecule has 1 saturated heterocycles. The van der Waals surface area contributed by atoms with E-state index in [1.165, 1.54) is 18.2 Å². The van der Waals surface area contributed by atoms with Crippen molar-refractivity contribution >= 4 is 12.1 Å². The third-order valence-electron chi connectivity index (χ3n) is 3.22. The zero-order valence-electron chi connectivity index (χ0n) is 12.4. The van der Waals surface area contributed by atoms with Crippen molar-refractivity contribution in [2.45, 2.75) is 38.5 Å². The molecule has 0 aromatic heterocycles. The van der Waals surface area contributed by atoms with Crippen LogP contribution in [0.25, 0.3) is 0 Å². The highest BCUT2D eigenvalue weighted by Gasteiger charge is 2.42. The lowest BCUT2D eigenvalue weighted by molar-refractivity contribution is -0.141. The first kappa shape index (κ1) is 16.1. The van der Waals surface area contributed by atoms with Crippen LogP contribution in [-0.2, 0) is 9.53 Å². The molecule has 1 aliphatic heterocycles. The number of amides is 1. The van der Waals surface area contributed by atoms with Gasteiger partial charge in [0.15, 0.2) is 0 Å². The molecule has 1 amide bonds. The largest absolute Gasteiger partial charge is 0.488 e. The Morgan fingerprint density at radius 2 is 2.14 bits per heavy atom. The van der Waals surface area contributed by atoms with Crippen LogP contribution in [0.15, 0.2) is 24.3 Å². The zero-order valence-corrected chi connectivity index (χ0v) is 12.4. The van der Waals surface area contributed by atoms with Gasteiger partial charge in [-0.15, -0.1) is 0 Å². The maximum Gasteiger partial charge on any atom is 0.410 e. The number of hydrogen-bond acceptors (Lipinski definition) is 4. The Bertz CT molecular complexity index is 563. The van der Waals surface area contributed by atoms with Crippen LogP contribution in [0.5, 0.6) is 5.75 Å². The van der Waals surface area contributed by atoms with E-state index in [-0.39, 0.29) is 19.1 Å². The number of carboxylic acids is 1. The predicted octanol–water partition coefficient (Wildman–Crippen LogP) is 2.28. The van der Waals surface area contributed by atoms with Gasteiger partial charge in [0.2, 0.25) is 0 Å². The SMILES string of the molecule is CC(C)OC(=O)N1CC(Oc2cccc(F)c2)CC1C(=O)O. The van der Waals surface area contributed by atoms with Gasteiger partial charge in [0.05, 0.1) is 12.6 Å². The van der Waals surface area contributed by atoms with Gasteiger partial charge in [0, 0.05) is 12.5 Å². The second-order valence-corrected chi connectivity index (χ2v) is 5.37. The third kappa shape index (κ3) is 3.87. The number of carbonyl (C=O) groups is 2. The second kappa shape index (κ2) is 6.64. The van der Waals surface area contributed by atoms with Crippen molar-refractivity contribution in [2.24, 2.45) is 0 Å². The monoisotopic (exact) mass is 311 g/mol. The summed E-state index contributed by atoms with van der Waals surface area (Å²) < 4.78 is 23.7. The smallest absolute Gasteiger partial charge is 0.410 e. The van der Waals surface area contributed by atoms with E-state index in [1.807, 2.05) is 0 Å². The topological polar surface area (TPSA) is 76.1 Å². The number of rotatable bonds is 4. The van der Waals surface area contributed by atoms with Crippen molar-refractivity contribution in [3.05, 3.63) is 30.1 Å². The van der Waals surface area contributed by atoms with E-state index < -0.39 is 30.0 Å². The fourth-order valence-corrected chi connectivity index (χ4v) is 2.32. The number of ether oxygens (including phenoxy) is 2. The van der Waals surface area contributed by atoms with Crippen molar-refractivity contribution < 1.29 is 28.6 Å². The summed E-state index contributed by atoms with van der Waals surface area (Å²) in [6, 6.07) is 4.57. The molecule has 0 aliphatic carbocycles. The van der Waals surface area contributed by atoms with Crippen LogP contribution >= 0.6 is 0 Å². The van der Waals surface area contributed by atoms with Crippen molar-refractivity contribution in [1.82, 2.24) is 4.90 Å². The van der Waals surface area contributed by atoms with Crippen LogP contribution in [0.4, 0.5) is 9.18 Å². The third-order valence-corrected chi connectivity index (χ3v) is 3.22. The highest BCUT2D eigenvalue weighted by atomic mass is 19.1. The van der Waals surface area contributed by atoms with Gasteiger partial charge in [-0.1, -0.05) is 6.07 Å². The molecule has 0 bridgehead atoms. The summed E-state index contributed by atoms with van der Waals surface area (Å²) in [4.78, 5) is 24.4. The minimum absolute atomic E-state index is 0.0824. The van der Waals surface area contributed by atoms with E-state index >= 15 is 0 Å². The number of benzene rings is 1.